The summed E-state index contributed by atoms with van der Waals surface area (Å²) in [6, 6.07) is 0. The van der Waals surface area contributed by atoms with Crippen molar-refractivity contribution < 1.29 is 13.9 Å². The Kier molecular flexibility index (Phi) is 5.34. The minimum atomic E-state index is -0.547. The maximum absolute atomic E-state index is 12.1. The third kappa shape index (κ3) is 4.11. The fraction of sp³-hybridized carbons (Fsp3) is 0.667. The van der Waals surface area contributed by atoms with E-state index < -0.39 is 5.97 Å². The number of esters is 1. The van der Waals surface area contributed by atoms with Crippen LogP contribution in [-0.2, 0) is 9.53 Å². The van der Waals surface area contributed by atoms with Gasteiger partial charge in [-0.1, -0.05) is 13.8 Å². The van der Waals surface area contributed by atoms with Crippen LogP contribution in [0.3, 0.4) is 0 Å². The summed E-state index contributed by atoms with van der Waals surface area (Å²) in [5, 5.41) is 0. The molecule has 0 heterocycles. The fourth-order valence-electron chi connectivity index (χ4n) is 0.836. The monoisotopic (exact) mass is 174 g/mol. The van der Waals surface area contributed by atoms with Crippen molar-refractivity contribution in [3.05, 3.63) is 11.9 Å². The van der Waals surface area contributed by atoms with E-state index >= 15 is 0 Å². The number of ether oxygens (including phenoxy) is 1. The van der Waals surface area contributed by atoms with E-state index in [4.69, 9.17) is 0 Å². The summed E-state index contributed by atoms with van der Waals surface area (Å²) in [6.07, 6.45) is 0.757. The number of halogens is 1. The first-order valence-corrected chi connectivity index (χ1v) is 4.08. The molecular formula is C9H15FO2. The van der Waals surface area contributed by atoms with Crippen molar-refractivity contribution in [3.63, 3.8) is 0 Å². The summed E-state index contributed by atoms with van der Waals surface area (Å²) in [5.41, 5.74) is 0.117. The van der Waals surface area contributed by atoms with E-state index in [2.05, 4.69) is 4.74 Å². The molecule has 2 nitrogen and oxygen atoms in total. The Morgan fingerprint density at radius 2 is 2.17 bits per heavy atom. The maximum Gasteiger partial charge on any atom is 0.336 e. The Morgan fingerprint density at radius 1 is 1.58 bits per heavy atom. The molecule has 0 rings (SSSR count). The molecule has 0 aromatic heterocycles. The lowest BCUT2D eigenvalue weighted by molar-refractivity contribution is -0.138. The smallest absolute Gasteiger partial charge is 0.336 e. The lowest BCUT2D eigenvalue weighted by atomic mass is 10.0. The minimum absolute atomic E-state index is 0.117. The Morgan fingerprint density at radius 3 is 2.50 bits per heavy atom. The first kappa shape index (κ1) is 11.1. The molecular weight excluding hydrogens is 159 g/mol. The van der Waals surface area contributed by atoms with Crippen LogP contribution < -0.4 is 0 Å². The normalized spacial score (nSPS) is 11.9. The lowest BCUT2D eigenvalue weighted by Gasteiger charge is -2.06. The summed E-state index contributed by atoms with van der Waals surface area (Å²) >= 11 is 0. The van der Waals surface area contributed by atoms with Crippen LogP contribution in [0, 0.1) is 5.92 Å². The van der Waals surface area contributed by atoms with Gasteiger partial charge in [-0.05, 0) is 19.3 Å². The molecule has 0 aliphatic carbocycles. The molecule has 0 fully saturated rings. The van der Waals surface area contributed by atoms with Crippen molar-refractivity contribution in [2.45, 2.75) is 27.2 Å². The minimum Gasteiger partial charge on any atom is -0.463 e. The van der Waals surface area contributed by atoms with Crippen LogP contribution in [0.25, 0.3) is 0 Å². The standard InChI is InChI=1S/C9H15FO2/c1-4-12-9(11)8(6-10)5-7(2)3/h6-7H,4-5H2,1-3H3/b8-6+. The lowest BCUT2D eigenvalue weighted by Crippen LogP contribution is -2.09. The van der Waals surface area contributed by atoms with Gasteiger partial charge in [-0.25, -0.2) is 9.18 Å². The SMILES string of the molecule is CCOC(=O)/C(=C/F)CC(C)C. The fourth-order valence-corrected chi connectivity index (χ4v) is 0.836. The third-order valence-electron chi connectivity index (χ3n) is 1.30. The topological polar surface area (TPSA) is 26.3 Å². The van der Waals surface area contributed by atoms with E-state index in [0.29, 0.717) is 12.8 Å². The molecule has 0 bridgehead atoms. The van der Waals surface area contributed by atoms with E-state index in [1.165, 1.54) is 0 Å². The second-order valence-electron chi connectivity index (χ2n) is 2.95. The van der Waals surface area contributed by atoms with Crippen LogP contribution in [0.1, 0.15) is 27.2 Å². The number of rotatable bonds is 4. The second kappa shape index (κ2) is 5.75. The van der Waals surface area contributed by atoms with E-state index in [1.54, 1.807) is 6.92 Å². The van der Waals surface area contributed by atoms with Gasteiger partial charge in [0.25, 0.3) is 0 Å². The number of carbonyl (C=O) groups excluding carboxylic acids is 1. The second-order valence-corrected chi connectivity index (χ2v) is 2.95. The van der Waals surface area contributed by atoms with Gasteiger partial charge in [-0.2, -0.15) is 0 Å². The van der Waals surface area contributed by atoms with Gasteiger partial charge in [0.15, 0.2) is 0 Å². The average molecular weight is 174 g/mol. The van der Waals surface area contributed by atoms with Gasteiger partial charge in [0.05, 0.1) is 18.5 Å². The number of carbonyl (C=O) groups is 1. The molecule has 0 aromatic rings. The molecule has 0 spiro atoms. The molecule has 0 saturated heterocycles. The van der Waals surface area contributed by atoms with Crippen molar-refractivity contribution in [1.82, 2.24) is 0 Å². The van der Waals surface area contributed by atoms with Gasteiger partial charge >= 0.3 is 5.97 Å². The zero-order chi connectivity index (χ0) is 9.56. The predicted octanol–water partition coefficient (Wildman–Crippen LogP) is 2.45. The van der Waals surface area contributed by atoms with Crippen molar-refractivity contribution in [2.75, 3.05) is 6.61 Å². The molecule has 0 atom stereocenters. The van der Waals surface area contributed by atoms with Gasteiger partial charge < -0.3 is 4.74 Å². The van der Waals surface area contributed by atoms with Gasteiger partial charge in [-0.15, -0.1) is 0 Å². The molecule has 0 aliphatic heterocycles. The van der Waals surface area contributed by atoms with E-state index in [0.717, 1.165) is 0 Å². The summed E-state index contributed by atoms with van der Waals surface area (Å²) < 4.78 is 16.8. The summed E-state index contributed by atoms with van der Waals surface area (Å²) in [6.45, 7) is 5.82. The molecule has 0 saturated carbocycles. The quantitative estimate of drug-likeness (QED) is 0.483. The van der Waals surface area contributed by atoms with Gasteiger partial charge in [0.1, 0.15) is 0 Å². The Hall–Kier alpha value is -0.860. The predicted molar refractivity (Wildman–Crippen MR) is 45.3 cm³/mol. The highest BCUT2D eigenvalue weighted by Gasteiger charge is 2.11. The van der Waals surface area contributed by atoms with Crippen molar-refractivity contribution >= 4 is 5.97 Å². The van der Waals surface area contributed by atoms with Crippen LogP contribution in [0.2, 0.25) is 0 Å². The zero-order valence-corrected chi connectivity index (χ0v) is 7.76. The summed E-state index contributed by atoms with van der Waals surface area (Å²) in [4.78, 5) is 11.0. The van der Waals surface area contributed by atoms with Crippen molar-refractivity contribution in [3.8, 4) is 0 Å². The van der Waals surface area contributed by atoms with Crippen molar-refractivity contribution in [1.29, 1.82) is 0 Å². The van der Waals surface area contributed by atoms with E-state index in [1.807, 2.05) is 13.8 Å². The first-order chi connectivity index (χ1) is 5.61. The molecule has 70 valence electrons. The van der Waals surface area contributed by atoms with E-state index in [-0.39, 0.29) is 18.1 Å². The number of hydrogen-bond donors (Lipinski definition) is 0. The molecule has 12 heavy (non-hydrogen) atoms. The molecule has 0 unspecified atom stereocenters. The Balaban J connectivity index is 4.08. The summed E-state index contributed by atoms with van der Waals surface area (Å²) in [7, 11) is 0. The third-order valence-corrected chi connectivity index (χ3v) is 1.30. The van der Waals surface area contributed by atoms with E-state index in [9.17, 15) is 9.18 Å². The molecule has 3 heteroatoms. The molecule has 0 amide bonds. The highest BCUT2D eigenvalue weighted by Crippen LogP contribution is 2.12. The van der Waals surface area contributed by atoms with Crippen LogP contribution >= 0.6 is 0 Å². The average Bonchev–Trinajstić information content (AvgIpc) is 2.00. The highest BCUT2D eigenvalue weighted by atomic mass is 19.1. The van der Waals surface area contributed by atoms with Crippen LogP contribution in [0.4, 0.5) is 4.39 Å². The molecule has 0 aliphatic rings. The van der Waals surface area contributed by atoms with Crippen LogP contribution in [0.5, 0.6) is 0 Å². The van der Waals surface area contributed by atoms with Crippen LogP contribution in [0.15, 0.2) is 11.9 Å². The first-order valence-electron chi connectivity index (χ1n) is 4.08. The zero-order valence-electron chi connectivity index (χ0n) is 7.76. The highest BCUT2D eigenvalue weighted by molar-refractivity contribution is 5.88. The van der Waals surface area contributed by atoms with Gasteiger partial charge in [-0.3, -0.25) is 0 Å². The molecule has 0 radical (unpaired) electrons. The van der Waals surface area contributed by atoms with Gasteiger partial charge in [0, 0.05) is 0 Å². The maximum atomic E-state index is 12.1. The van der Waals surface area contributed by atoms with Crippen molar-refractivity contribution in [2.24, 2.45) is 5.92 Å². The van der Waals surface area contributed by atoms with Gasteiger partial charge in [0.2, 0.25) is 0 Å². The molecule has 0 aromatic carbocycles. The Bertz CT molecular complexity index is 173. The largest absolute Gasteiger partial charge is 0.463 e. The number of hydrogen-bond acceptors (Lipinski definition) is 2. The molecule has 0 N–H and O–H groups in total. The Labute approximate surface area is 72.4 Å². The summed E-state index contributed by atoms with van der Waals surface area (Å²) in [5.74, 6) is -0.287. The van der Waals surface area contributed by atoms with Crippen LogP contribution in [-0.4, -0.2) is 12.6 Å².